The highest BCUT2D eigenvalue weighted by Gasteiger charge is 2.13. The molecule has 3 heteroatoms. The van der Waals surface area contributed by atoms with Gasteiger partial charge in [0.25, 0.3) is 0 Å². The van der Waals surface area contributed by atoms with Crippen LogP contribution in [0.5, 0.6) is 0 Å². The molecule has 1 aromatic carbocycles. The van der Waals surface area contributed by atoms with Gasteiger partial charge < -0.3 is 10.6 Å². The first-order chi connectivity index (χ1) is 8.77. The second-order valence-electron chi connectivity index (χ2n) is 4.42. The maximum absolute atomic E-state index is 11.8. The third-order valence-corrected chi connectivity index (χ3v) is 3.07. The van der Waals surface area contributed by atoms with Crippen LogP contribution < -0.4 is 10.6 Å². The first-order valence-electron chi connectivity index (χ1n) is 6.80. The van der Waals surface area contributed by atoms with Gasteiger partial charge >= 0.3 is 0 Å². The molecule has 1 amide bonds. The minimum Gasteiger partial charge on any atom is -0.355 e. The average molecular weight is 248 g/mol. The summed E-state index contributed by atoms with van der Waals surface area (Å²) < 4.78 is 0. The molecular weight excluding hydrogens is 224 g/mol. The van der Waals surface area contributed by atoms with Crippen molar-refractivity contribution in [3.8, 4) is 0 Å². The van der Waals surface area contributed by atoms with E-state index in [1.807, 2.05) is 18.2 Å². The Labute approximate surface area is 110 Å². The maximum atomic E-state index is 11.8. The zero-order valence-corrected chi connectivity index (χ0v) is 11.4. The molecule has 1 atom stereocenters. The summed E-state index contributed by atoms with van der Waals surface area (Å²) in [6.07, 6.45) is 1.57. The molecule has 3 nitrogen and oxygen atoms in total. The predicted molar refractivity (Wildman–Crippen MR) is 75.6 cm³/mol. The molecule has 2 N–H and O–H groups in total. The van der Waals surface area contributed by atoms with E-state index in [4.69, 9.17) is 0 Å². The van der Waals surface area contributed by atoms with E-state index in [0.717, 1.165) is 19.5 Å². The van der Waals surface area contributed by atoms with Gasteiger partial charge in [-0.3, -0.25) is 4.79 Å². The molecule has 18 heavy (non-hydrogen) atoms. The van der Waals surface area contributed by atoms with Gasteiger partial charge in [-0.25, -0.2) is 0 Å². The minimum absolute atomic E-state index is 0.142. The first kappa shape index (κ1) is 14.7. The van der Waals surface area contributed by atoms with Crippen LogP contribution in [0.1, 0.15) is 38.2 Å². The van der Waals surface area contributed by atoms with Gasteiger partial charge in [0.1, 0.15) is 0 Å². The second-order valence-corrected chi connectivity index (χ2v) is 4.42. The summed E-state index contributed by atoms with van der Waals surface area (Å²) in [7, 11) is 0. The highest BCUT2D eigenvalue weighted by molar-refractivity contribution is 5.76. The maximum Gasteiger partial charge on any atom is 0.220 e. The lowest BCUT2D eigenvalue weighted by Gasteiger charge is -2.15. The highest BCUT2D eigenvalue weighted by atomic mass is 16.1. The van der Waals surface area contributed by atoms with Crippen LogP contribution >= 0.6 is 0 Å². The van der Waals surface area contributed by atoms with Crippen molar-refractivity contribution in [3.05, 3.63) is 35.9 Å². The van der Waals surface area contributed by atoms with Gasteiger partial charge in [0, 0.05) is 19.5 Å². The number of likely N-dealkylation sites (N-methyl/N-ethyl adjacent to an activating group) is 1. The zero-order valence-electron chi connectivity index (χ0n) is 11.4. The quantitative estimate of drug-likeness (QED) is 0.693. The standard InChI is InChI=1S/C15H24N2O/c1-3-13(14-8-6-5-7-9-14)12-15(18)17-11-10-16-4-2/h5-9,13,16H,3-4,10-12H2,1-2H3,(H,17,18). The molecule has 0 heterocycles. The molecule has 1 rings (SSSR count). The van der Waals surface area contributed by atoms with Gasteiger partial charge in [-0.15, -0.1) is 0 Å². The van der Waals surface area contributed by atoms with Gasteiger partial charge in [-0.2, -0.15) is 0 Å². The Morgan fingerprint density at radius 2 is 1.89 bits per heavy atom. The van der Waals surface area contributed by atoms with Crippen LogP contribution in [0.2, 0.25) is 0 Å². The van der Waals surface area contributed by atoms with Gasteiger partial charge in [0.05, 0.1) is 0 Å². The monoisotopic (exact) mass is 248 g/mol. The molecule has 0 saturated heterocycles. The molecule has 1 unspecified atom stereocenters. The molecular formula is C15H24N2O. The lowest BCUT2D eigenvalue weighted by Crippen LogP contribution is -2.32. The number of nitrogens with one attached hydrogen (secondary N) is 2. The van der Waals surface area contributed by atoms with E-state index >= 15 is 0 Å². The Bertz CT molecular complexity index is 338. The normalized spacial score (nSPS) is 12.1. The number of hydrogen-bond acceptors (Lipinski definition) is 2. The van der Waals surface area contributed by atoms with Crippen molar-refractivity contribution < 1.29 is 4.79 Å². The Balaban J connectivity index is 2.37. The van der Waals surface area contributed by atoms with E-state index < -0.39 is 0 Å². The summed E-state index contributed by atoms with van der Waals surface area (Å²) in [6.45, 7) is 6.67. The molecule has 0 bridgehead atoms. The van der Waals surface area contributed by atoms with Crippen LogP contribution in [-0.4, -0.2) is 25.5 Å². The molecule has 1 aromatic rings. The smallest absolute Gasteiger partial charge is 0.220 e. The summed E-state index contributed by atoms with van der Waals surface area (Å²) in [5.74, 6) is 0.467. The summed E-state index contributed by atoms with van der Waals surface area (Å²) in [6, 6.07) is 10.3. The summed E-state index contributed by atoms with van der Waals surface area (Å²) in [5.41, 5.74) is 1.25. The molecule has 0 saturated carbocycles. The van der Waals surface area contributed by atoms with Crippen molar-refractivity contribution in [2.45, 2.75) is 32.6 Å². The van der Waals surface area contributed by atoms with Gasteiger partial charge in [0.2, 0.25) is 5.91 Å². The summed E-state index contributed by atoms with van der Waals surface area (Å²) >= 11 is 0. The number of benzene rings is 1. The lowest BCUT2D eigenvalue weighted by molar-refractivity contribution is -0.121. The third kappa shape index (κ3) is 5.32. The molecule has 0 aromatic heterocycles. The van der Waals surface area contributed by atoms with Gasteiger partial charge in [-0.1, -0.05) is 44.2 Å². The average Bonchev–Trinajstić information content (AvgIpc) is 2.42. The van der Waals surface area contributed by atoms with Crippen LogP contribution in [0, 0.1) is 0 Å². The minimum atomic E-state index is 0.142. The number of carbonyl (C=O) groups excluding carboxylic acids is 1. The number of amides is 1. The molecule has 0 fully saturated rings. The van der Waals surface area contributed by atoms with Crippen molar-refractivity contribution >= 4 is 5.91 Å². The van der Waals surface area contributed by atoms with Crippen LogP contribution in [0.15, 0.2) is 30.3 Å². The van der Waals surface area contributed by atoms with E-state index in [2.05, 4.69) is 36.6 Å². The Hall–Kier alpha value is -1.35. The number of rotatable bonds is 8. The molecule has 0 aliphatic heterocycles. The Kier molecular flexibility index (Phi) is 7.11. The topological polar surface area (TPSA) is 41.1 Å². The number of carbonyl (C=O) groups is 1. The SMILES string of the molecule is CCNCCNC(=O)CC(CC)c1ccccc1. The van der Waals surface area contributed by atoms with Gasteiger partial charge in [0.15, 0.2) is 0 Å². The molecule has 0 aliphatic carbocycles. The first-order valence-corrected chi connectivity index (χ1v) is 6.80. The fraction of sp³-hybridized carbons (Fsp3) is 0.533. The highest BCUT2D eigenvalue weighted by Crippen LogP contribution is 2.22. The number of hydrogen-bond donors (Lipinski definition) is 2. The van der Waals surface area contributed by atoms with Crippen LogP contribution in [0.3, 0.4) is 0 Å². The van der Waals surface area contributed by atoms with Crippen LogP contribution in [0.25, 0.3) is 0 Å². The molecule has 0 spiro atoms. The van der Waals surface area contributed by atoms with Crippen molar-refractivity contribution in [2.24, 2.45) is 0 Å². The zero-order chi connectivity index (χ0) is 13.2. The lowest BCUT2D eigenvalue weighted by atomic mass is 9.93. The van der Waals surface area contributed by atoms with E-state index in [9.17, 15) is 4.79 Å². The van der Waals surface area contributed by atoms with Crippen molar-refractivity contribution in [1.29, 1.82) is 0 Å². The van der Waals surface area contributed by atoms with E-state index in [1.54, 1.807) is 0 Å². The Morgan fingerprint density at radius 1 is 1.17 bits per heavy atom. The molecule has 100 valence electrons. The molecule has 0 aliphatic rings. The fourth-order valence-electron chi connectivity index (χ4n) is 1.99. The van der Waals surface area contributed by atoms with Crippen LogP contribution in [-0.2, 0) is 4.79 Å². The second kappa shape index (κ2) is 8.70. The largest absolute Gasteiger partial charge is 0.355 e. The van der Waals surface area contributed by atoms with Crippen molar-refractivity contribution in [3.63, 3.8) is 0 Å². The fourth-order valence-corrected chi connectivity index (χ4v) is 1.99. The summed E-state index contributed by atoms with van der Waals surface area (Å²) in [5, 5.41) is 6.14. The summed E-state index contributed by atoms with van der Waals surface area (Å²) in [4.78, 5) is 11.8. The van der Waals surface area contributed by atoms with Crippen molar-refractivity contribution in [1.82, 2.24) is 10.6 Å². The molecule has 0 radical (unpaired) electrons. The Morgan fingerprint density at radius 3 is 2.50 bits per heavy atom. The van der Waals surface area contributed by atoms with Crippen LogP contribution in [0.4, 0.5) is 0 Å². The predicted octanol–water partition coefficient (Wildman–Crippen LogP) is 2.30. The van der Waals surface area contributed by atoms with Crippen molar-refractivity contribution in [2.75, 3.05) is 19.6 Å². The van der Waals surface area contributed by atoms with Gasteiger partial charge in [-0.05, 0) is 24.4 Å². The third-order valence-electron chi connectivity index (χ3n) is 3.07. The van der Waals surface area contributed by atoms with E-state index in [1.165, 1.54) is 5.56 Å². The van der Waals surface area contributed by atoms with E-state index in [-0.39, 0.29) is 5.91 Å². The van der Waals surface area contributed by atoms with E-state index in [0.29, 0.717) is 18.9 Å².